The summed E-state index contributed by atoms with van der Waals surface area (Å²) in [5.74, 6) is 1.46. The summed E-state index contributed by atoms with van der Waals surface area (Å²) in [6, 6.07) is 0.355. The normalized spacial score (nSPS) is 31.3. The molecule has 1 N–H and O–H groups in total. The smallest absolute Gasteiger partial charge is 0.211 e. The number of aromatic nitrogens is 1. The minimum absolute atomic E-state index is 0.355. The number of likely N-dealkylation sites (N-methyl/N-ethyl adjacent to an activating group) is 1. The zero-order valence-corrected chi connectivity index (χ0v) is 9.78. The van der Waals surface area contributed by atoms with Crippen molar-refractivity contribution in [3.05, 3.63) is 17.8 Å². The molecular formula is C12H19N3O. The van der Waals surface area contributed by atoms with Gasteiger partial charge in [-0.05, 0) is 39.4 Å². The Balaban J connectivity index is 1.72. The van der Waals surface area contributed by atoms with Crippen LogP contribution in [0.1, 0.15) is 42.8 Å². The van der Waals surface area contributed by atoms with E-state index in [-0.39, 0.29) is 0 Å². The maximum atomic E-state index is 5.60. The van der Waals surface area contributed by atoms with E-state index in [2.05, 4.69) is 22.2 Å². The van der Waals surface area contributed by atoms with E-state index in [9.17, 15) is 0 Å². The fraction of sp³-hybridized carbons (Fsp3) is 0.750. The molecule has 2 saturated heterocycles. The maximum absolute atomic E-state index is 5.60. The molecule has 1 aromatic rings. The largest absolute Gasteiger partial charge is 0.447 e. The minimum atomic E-state index is 0.355. The highest BCUT2D eigenvalue weighted by atomic mass is 16.3. The minimum Gasteiger partial charge on any atom is -0.447 e. The van der Waals surface area contributed by atoms with Gasteiger partial charge < -0.3 is 14.6 Å². The van der Waals surface area contributed by atoms with E-state index in [0.717, 1.165) is 31.1 Å². The quantitative estimate of drug-likeness (QED) is 0.822. The van der Waals surface area contributed by atoms with Crippen LogP contribution in [0.2, 0.25) is 0 Å². The maximum Gasteiger partial charge on any atom is 0.211 e. The number of hydrogen-bond acceptors (Lipinski definition) is 4. The first kappa shape index (κ1) is 10.3. The van der Waals surface area contributed by atoms with Gasteiger partial charge in [0.25, 0.3) is 0 Å². The molecule has 0 aromatic carbocycles. The third-order valence-electron chi connectivity index (χ3n) is 3.71. The molecule has 1 aromatic heterocycles. The molecule has 0 radical (unpaired) electrons. The molecule has 0 amide bonds. The molecule has 0 spiro atoms. The van der Waals surface area contributed by atoms with Crippen molar-refractivity contribution in [3.63, 3.8) is 0 Å². The molecule has 3 heterocycles. The van der Waals surface area contributed by atoms with E-state index in [4.69, 9.17) is 4.42 Å². The van der Waals surface area contributed by atoms with Gasteiger partial charge in [-0.1, -0.05) is 0 Å². The predicted molar refractivity (Wildman–Crippen MR) is 61.3 cm³/mol. The second-order valence-electron chi connectivity index (χ2n) is 5.01. The van der Waals surface area contributed by atoms with Crippen molar-refractivity contribution in [1.29, 1.82) is 0 Å². The van der Waals surface area contributed by atoms with Crippen LogP contribution >= 0.6 is 0 Å². The Labute approximate surface area is 96.0 Å². The van der Waals surface area contributed by atoms with Gasteiger partial charge in [0.1, 0.15) is 6.26 Å². The van der Waals surface area contributed by atoms with Crippen LogP contribution in [0, 0.1) is 0 Å². The molecule has 16 heavy (non-hydrogen) atoms. The molecule has 4 nitrogen and oxygen atoms in total. The van der Waals surface area contributed by atoms with E-state index in [1.807, 2.05) is 6.26 Å². The summed E-state index contributed by atoms with van der Waals surface area (Å²) >= 11 is 0. The van der Waals surface area contributed by atoms with Crippen LogP contribution in [0.4, 0.5) is 0 Å². The number of hydrogen-bond donors (Lipinski definition) is 1. The van der Waals surface area contributed by atoms with E-state index >= 15 is 0 Å². The number of nitrogens with one attached hydrogen (secondary N) is 1. The van der Waals surface area contributed by atoms with Crippen LogP contribution in [0.25, 0.3) is 0 Å². The van der Waals surface area contributed by atoms with Crippen molar-refractivity contribution < 1.29 is 4.42 Å². The fourth-order valence-corrected chi connectivity index (χ4v) is 2.72. The molecule has 2 aliphatic heterocycles. The van der Waals surface area contributed by atoms with Gasteiger partial charge in [0.05, 0.1) is 11.7 Å². The van der Waals surface area contributed by atoms with Gasteiger partial charge in [-0.25, -0.2) is 4.98 Å². The summed E-state index contributed by atoms with van der Waals surface area (Å²) in [4.78, 5) is 7.01. The first-order valence-corrected chi connectivity index (χ1v) is 6.20. The second kappa shape index (κ2) is 4.18. The van der Waals surface area contributed by atoms with Crippen LogP contribution < -0.4 is 5.32 Å². The third kappa shape index (κ3) is 1.87. The lowest BCUT2D eigenvalue weighted by Crippen LogP contribution is -2.14. The Morgan fingerprint density at radius 1 is 1.50 bits per heavy atom. The number of oxazole rings is 1. The van der Waals surface area contributed by atoms with Crippen molar-refractivity contribution in [3.8, 4) is 0 Å². The van der Waals surface area contributed by atoms with Crippen molar-refractivity contribution >= 4 is 0 Å². The number of nitrogens with zero attached hydrogens (tertiary/aromatic N) is 2. The number of rotatable bonds is 2. The zero-order chi connectivity index (χ0) is 11.0. The molecule has 2 atom stereocenters. The van der Waals surface area contributed by atoms with Crippen LogP contribution in [0.15, 0.2) is 10.7 Å². The van der Waals surface area contributed by atoms with Gasteiger partial charge in [0, 0.05) is 12.5 Å². The molecule has 88 valence electrons. The average Bonchev–Trinajstić information content (AvgIpc) is 2.97. The summed E-state index contributed by atoms with van der Waals surface area (Å²) in [5, 5.41) is 3.42. The molecule has 3 rings (SSSR count). The Bertz CT molecular complexity index is 357. The van der Waals surface area contributed by atoms with Gasteiger partial charge in [-0.15, -0.1) is 0 Å². The molecule has 2 unspecified atom stereocenters. The van der Waals surface area contributed by atoms with Gasteiger partial charge in [-0.2, -0.15) is 0 Å². The Morgan fingerprint density at radius 3 is 3.12 bits per heavy atom. The highest BCUT2D eigenvalue weighted by Crippen LogP contribution is 2.28. The molecule has 2 aliphatic rings. The topological polar surface area (TPSA) is 41.3 Å². The molecule has 0 saturated carbocycles. The molecule has 2 fully saturated rings. The third-order valence-corrected chi connectivity index (χ3v) is 3.71. The van der Waals surface area contributed by atoms with E-state index in [1.165, 1.54) is 19.4 Å². The van der Waals surface area contributed by atoms with Crippen LogP contribution in [-0.4, -0.2) is 36.6 Å². The Kier molecular flexibility index (Phi) is 2.69. The zero-order valence-electron chi connectivity index (χ0n) is 9.78. The summed E-state index contributed by atoms with van der Waals surface area (Å²) in [6.45, 7) is 3.38. The first-order valence-electron chi connectivity index (χ1n) is 6.20. The lowest BCUT2D eigenvalue weighted by atomic mass is 10.1. The fourth-order valence-electron chi connectivity index (χ4n) is 2.72. The van der Waals surface area contributed by atoms with Crippen molar-refractivity contribution in [2.75, 3.05) is 26.7 Å². The lowest BCUT2D eigenvalue weighted by molar-refractivity contribution is 0.410. The Morgan fingerprint density at radius 2 is 2.44 bits per heavy atom. The summed E-state index contributed by atoms with van der Waals surface area (Å²) < 4.78 is 5.60. The summed E-state index contributed by atoms with van der Waals surface area (Å²) in [6.07, 6.45) is 5.46. The van der Waals surface area contributed by atoms with Crippen molar-refractivity contribution in [2.24, 2.45) is 0 Å². The van der Waals surface area contributed by atoms with E-state index in [0.29, 0.717) is 12.0 Å². The second-order valence-corrected chi connectivity index (χ2v) is 5.01. The van der Waals surface area contributed by atoms with E-state index < -0.39 is 0 Å². The predicted octanol–water partition coefficient (Wildman–Crippen LogP) is 1.52. The highest BCUT2D eigenvalue weighted by molar-refractivity contribution is 5.09. The molecule has 0 aliphatic carbocycles. The first-order chi connectivity index (χ1) is 7.83. The van der Waals surface area contributed by atoms with Crippen LogP contribution in [0.3, 0.4) is 0 Å². The SMILES string of the molecule is CN1CCC(c2coc(C3CCCN3)n2)C1. The van der Waals surface area contributed by atoms with Gasteiger partial charge >= 0.3 is 0 Å². The molecule has 4 heteroatoms. The Hall–Kier alpha value is -0.870. The summed E-state index contributed by atoms with van der Waals surface area (Å²) in [5.41, 5.74) is 1.15. The monoisotopic (exact) mass is 221 g/mol. The standard InChI is InChI=1S/C12H19N3O/c1-15-6-4-9(7-15)11-8-16-12(14-11)10-3-2-5-13-10/h8-10,13H,2-7H2,1H3. The highest BCUT2D eigenvalue weighted by Gasteiger charge is 2.26. The van der Waals surface area contributed by atoms with Crippen LogP contribution in [0.5, 0.6) is 0 Å². The summed E-state index contributed by atoms with van der Waals surface area (Å²) in [7, 11) is 2.17. The average molecular weight is 221 g/mol. The van der Waals surface area contributed by atoms with Crippen molar-refractivity contribution in [2.45, 2.75) is 31.2 Å². The van der Waals surface area contributed by atoms with Gasteiger partial charge in [0.2, 0.25) is 5.89 Å². The van der Waals surface area contributed by atoms with Crippen molar-refractivity contribution in [1.82, 2.24) is 15.2 Å². The molecular weight excluding hydrogens is 202 g/mol. The van der Waals surface area contributed by atoms with Gasteiger partial charge in [0.15, 0.2) is 0 Å². The number of likely N-dealkylation sites (tertiary alicyclic amines) is 1. The van der Waals surface area contributed by atoms with Gasteiger partial charge in [-0.3, -0.25) is 0 Å². The lowest BCUT2D eigenvalue weighted by Gasteiger charge is -2.07. The van der Waals surface area contributed by atoms with E-state index in [1.54, 1.807) is 0 Å². The van der Waals surface area contributed by atoms with Crippen LogP contribution in [-0.2, 0) is 0 Å². The molecule has 0 bridgehead atoms.